The second-order valence-corrected chi connectivity index (χ2v) is 6.31. The van der Waals surface area contributed by atoms with Crippen molar-refractivity contribution in [3.8, 4) is 11.3 Å². The summed E-state index contributed by atoms with van der Waals surface area (Å²) in [6.45, 7) is 0.798. The van der Waals surface area contributed by atoms with Crippen LogP contribution in [0.25, 0.3) is 11.3 Å². The molecule has 2 aromatic rings. The van der Waals surface area contributed by atoms with Crippen LogP contribution in [-0.4, -0.2) is 33.4 Å². The Labute approximate surface area is 128 Å². The average molecular weight is 302 g/mol. The first-order valence-corrected chi connectivity index (χ1v) is 7.69. The number of likely N-dealkylation sites (tertiary alicyclic amines) is 1. The number of H-pyrrole nitrogens is 1. The maximum atomic E-state index is 12.0. The minimum atomic E-state index is 0.186. The van der Waals surface area contributed by atoms with Crippen molar-refractivity contribution < 1.29 is 4.79 Å². The first-order chi connectivity index (χ1) is 10.2. The molecule has 0 spiro atoms. The Morgan fingerprint density at radius 2 is 2.19 bits per heavy atom. The van der Waals surface area contributed by atoms with Crippen molar-refractivity contribution in [2.24, 2.45) is 0 Å². The van der Waals surface area contributed by atoms with Crippen molar-refractivity contribution >= 4 is 17.5 Å². The van der Waals surface area contributed by atoms with Crippen LogP contribution in [0.3, 0.4) is 0 Å². The fourth-order valence-corrected chi connectivity index (χ4v) is 3.19. The number of nitrogens with zero attached hydrogens (tertiary/aromatic N) is 2. The van der Waals surface area contributed by atoms with E-state index in [0.717, 1.165) is 36.5 Å². The fourth-order valence-electron chi connectivity index (χ4n) is 3.00. The van der Waals surface area contributed by atoms with Gasteiger partial charge in [0.15, 0.2) is 0 Å². The van der Waals surface area contributed by atoms with Crippen molar-refractivity contribution in [3.63, 3.8) is 0 Å². The normalized spacial score (nSPS) is 22.0. The van der Waals surface area contributed by atoms with E-state index in [1.807, 2.05) is 35.4 Å². The first kappa shape index (κ1) is 12.9. The highest BCUT2D eigenvalue weighted by atomic mass is 35.5. The van der Waals surface area contributed by atoms with Gasteiger partial charge in [0.25, 0.3) is 0 Å². The van der Waals surface area contributed by atoms with Crippen molar-refractivity contribution in [3.05, 3.63) is 41.3 Å². The van der Waals surface area contributed by atoms with E-state index in [9.17, 15) is 4.79 Å². The van der Waals surface area contributed by atoms with Gasteiger partial charge < -0.3 is 9.88 Å². The summed E-state index contributed by atoms with van der Waals surface area (Å²) in [5.74, 6) is 1.36. The van der Waals surface area contributed by atoms with E-state index in [1.165, 1.54) is 0 Å². The van der Waals surface area contributed by atoms with Gasteiger partial charge in [-0.2, -0.15) is 0 Å². The molecule has 1 saturated carbocycles. The van der Waals surface area contributed by atoms with Gasteiger partial charge in [-0.25, -0.2) is 4.98 Å². The molecule has 1 N–H and O–H groups in total. The van der Waals surface area contributed by atoms with Crippen LogP contribution in [0.5, 0.6) is 0 Å². The Kier molecular flexibility index (Phi) is 3.00. The van der Waals surface area contributed by atoms with Gasteiger partial charge in [-0.05, 0) is 25.0 Å². The number of hydrogen-bond donors (Lipinski definition) is 1. The summed E-state index contributed by atoms with van der Waals surface area (Å²) in [5.41, 5.74) is 1.97. The number of carbonyl (C=O) groups excluding carboxylic acids is 1. The summed E-state index contributed by atoms with van der Waals surface area (Å²) in [6.07, 6.45) is 4.71. The molecule has 108 valence electrons. The second-order valence-electron chi connectivity index (χ2n) is 5.87. The van der Waals surface area contributed by atoms with Crippen LogP contribution in [-0.2, 0) is 4.79 Å². The van der Waals surface area contributed by atoms with Crippen LogP contribution < -0.4 is 0 Å². The molecule has 1 unspecified atom stereocenters. The topological polar surface area (TPSA) is 49.0 Å². The molecule has 5 heteroatoms. The van der Waals surface area contributed by atoms with Crippen LogP contribution in [0.4, 0.5) is 0 Å². The average Bonchev–Trinajstić information content (AvgIpc) is 3.05. The zero-order valence-corrected chi connectivity index (χ0v) is 12.3. The lowest BCUT2D eigenvalue weighted by molar-refractivity contribution is -0.128. The Bertz CT molecular complexity index is 692. The summed E-state index contributed by atoms with van der Waals surface area (Å²) in [7, 11) is 0. The third-order valence-corrected chi connectivity index (χ3v) is 4.50. The van der Waals surface area contributed by atoms with Gasteiger partial charge in [0, 0.05) is 35.5 Å². The van der Waals surface area contributed by atoms with Crippen LogP contribution in [0.2, 0.25) is 5.02 Å². The number of aromatic nitrogens is 2. The number of nitrogens with one attached hydrogen (secondary N) is 1. The monoisotopic (exact) mass is 301 g/mol. The van der Waals surface area contributed by atoms with E-state index in [4.69, 9.17) is 11.6 Å². The van der Waals surface area contributed by atoms with Gasteiger partial charge in [-0.1, -0.05) is 23.7 Å². The SMILES string of the molecule is O=C1CC(c2ncc(-c3cccc(Cl)c3)[nH]2)CN1C1CC1. The molecule has 1 amide bonds. The Morgan fingerprint density at radius 3 is 2.95 bits per heavy atom. The summed E-state index contributed by atoms with van der Waals surface area (Å²) in [4.78, 5) is 21.9. The van der Waals surface area contributed by atoms with Gasteiger partial charge in [0.1, 0.15) is 5.82 Å². The highest BCUT2D eigenvalue weighted by Gasteiger charge is 2.40. The molecule has 2 fully saturated rings. The van der Waals surface area contributed by atoms with E-state index < -0.39 is 0 Å². The molecule has 1 aliphatic heterocycles. The standard InChI is InChI=1S/C16H16ClN3O/c17-12-3-1-2-10(6-12)14-8-18-16(19-14)11-7-15(21)20(9-11)13-4-5-13/h1-3,6,8,11,13H,4-5,7,9H2,(H,18,19). The molecule has 2 aliphatic rings. The molecule has 2 heterocycles. The smallest absolute Gasteiger partial charge is 0.223 e. The lowest BCUT2D eigenvalue weighted by Crippen LogP contribution is -2.27. The Balaban J connectivity index is 1.56. The summed E-state index contributed by atoms with van der Waals surface area (Å²) < 4.78 is 0. The molecule has 1 atom stereocenters. The zero-order chi connectivity index (χ0) is 14.4. The predicted octanol–water partition coefficient (Wildman–Crippen LogP) is 3.21. The summed E-state index contributed by atoms with van der Waals surface area (Å²) >= 11 is 6.02. The molecule has 0 radical (unpaired) electrons. The van der Waals surface area contributed by atoms with Crippen molar-refractivity contribution in [2.75, 3.05) is 6.54 Å². The number of imidazole rings is 1. The number of hydrogen-bond acceptors (Lipinski definition) is 2. The number of aromatic amines is 1. The summed E-state index contributed by atoms with van der Waals surface area (Å²) in [5, 5.41) is 0.708. The highest BCUT2D eigenvalue weighted by molar-refractivity contribution is 6.30. The van der Waals surface area contributed by atoms with E-state index in [1.54, 1.807) is 0 Å². The fraction of sp³-hybridized carbons (Fsp3) is 0.375. The molecular formula is C16H16ClN3O. The molecule has 1 aromatic carbocycles. The van der Waals surface area contributed by atoms with E-state index in [0.29, 0.717) is 17.5 Å². The molecule has 4 rings (SSSR count). The van der Waals surface area contributed by atoms with Crippen molar-refractivity contribution in [1.29, 1.82) is 0 Å². The van der Waals surface area contributed by atoms with Crippen LogP contribution in [0.15, 0.2) is 30.5 Å². The van der Waals surface area contributed by atoms with Crippen LogP contribution in [0, 0.1) is 0 Å². The minimum absolute atomic E-state index is 0.186. The zero-order valence-electron chi connectivity index (χ0n) is 11.6. The van der Waals surface area contributed by atoms with Crippen LogP contribution >= 0.6 is 11.6 Å². The molecule has 1 saturated heterocycles. The number of carbonyl (C=O) groups is 1. The maximum Gasteiger partial charge on any atom is 0.223 e. The largest absolute Gasteiger partial charge is 0.342 e. The minimum Gasteiger partial charge on any atom is -0.342 e. The van der Waals surface area contributed by atoms with Crippen molar-refractivity contribution in [1.82, 2.24) is 14.9 Å². The number of halogens is 1. The third-order valence-electron chi connectivity index (χ3n) is 4.26. The Morgan fingerprint density at radius 1 is 1.33 bits per heavy atom. The lowest BCUT2D eigenvalue weighted by Gasteiger charge is -2.14. The molecule has 4 nitrogen and oxygen atoms in total. The third kappa shape index (κ3) is 2.44. The predicted molar refractivity (Wildman–Crippen MR) is 81.1 cm³/mol. The van der Waals surface area contributed by atoms with Gasteiger partial charge in [-0.15, -0.1) is 0 Å². The number of benzene rings is 1. The molecule has 21 heavy (non-hydrogen) atoms. The van der Waals surface area contributed by atoms with E-state index >= 15 is 0 Å². The molecular weight excluding hydrogens is 286 g/mol. The van der Waals surface area contributed by atoms with Crippen molar-refractivity contribution in [2.45, 2.75) is 31.2 Å². The second kappa shape index (κ2) is 4.88. The highest BCUT2D eigenvalue weighted by Crippen LogP contribution is 2.36. The molecule has 0 bridgehead atoms. The Hall–Kier alpha value is -1.81. The lowest BCUT2D eigenvalue weighted by atomic mass is 10.1. The van der Waals surface area contributed by atoms with Gasteiger partial charge in [-0.3, -0.25) is 4.79 Å². The molecule has 1 aromatic heterocycles. The van der Waals surface area contributed by atoms with Crippen LogP contribution in [0.1, 0.15) is 31.0 Å². The summed E-state index contributed by atoms with van der Waals surface area (Å²) in [6, 6.07) is 8.18. The molecule has 1 aliphatic carbocycles. The van der Waals surface area contributed by atoms with E-state index in [-0.39, 0.29) is 11.8 Å². The quantitative estimate of drug-likeness (QED) is 0.946. The number of rotatable bonds is 3. The maximum absolute atomic E-state index is 12.0. The van der Waals surface area contributed by atoms with Gasteiger partial charge >= 0.3 is 0 Å². The van der Waals surface area contributed by atoms with Gasteiger partial charge in [0.2, 0.25) is 5.91 Å². The van der Waals surface area contributed by atoms with Gasteiger partial charge in [0.05, 0.1) is 11.9 Å². The van der Waals surface area contributed by atoms with E-state index in [2.05, 4.69) is 9.97 Å². The first-order valence-electron chi connectivity index (χ1n) is 7.31. The number of amides is 1.